The number of halogens is 1. The third-order valence-electron chi connectivity index (χ3n) is 2.66. The van der Waals surface area contributed by atoms with Gasteiger partial charge in [0, 0.05) is 16.1 Å². The number of nitrogens with zero attached hydrogens (tertiary/aromatic N) is 1. The van der Waals surface area contributed by atoms with Crippen LogP contribution in [0.15, 0.2) is 22.8 Å². The number of furan rings is 1. The number of nitriles is 1. The van der Waals surface area contributed by atoms with Crippen molar-refractivity contribution in [2.45, 2.75) is 6.92 Å². The van der Waals surface area contributed by atoms with Crippen LogP contribution in [0.4, 0.5) is 5.88 Å². The summed E-state index contributed by atoms with van der Waals surface area (Å²) in [5, 5.41) is 9.65. The number of nitrogen functional groups attached to an aromatic ring is 1. The van der Waals surface area contributed by atoms with Gasteiger partial charge in [0.05, 0.1) is 7.11 Å². The van der Waals surface area contributed by atoms with Gasteiger partial charge in [-0.1, -0.05) is 11.6 Å². The van der Waals surface area contributed by atoms with E-state index in [9.17, 15) is 0 Å². The minimum absolute atomic E-state index is 0.0900. The third kappa shape index (κ3) is 1.89. The van der Waals surface area contributed by atoms with Gasteiger partial charge in [-0.15, -0.1) is 0 Å². The molecule has 1 aromatic heterocycles. The van der Waals surface area contributed by atoms with E-state index in [-0.39, 0.29) is 11.4 Å². The summed E-state index contributed by atoms with van der Waals surface area (Å²) in [6.45, 7) is 1.88. The molecule has 0 bridgehead atoms. The molecule has 0 fully saturated rings. The van der Waals surface area contributed by atoms with Gasteiger partial charge in [0.25, 0.3) is 0 Å². The Balaban J connectivity index is 2.75. The molecule has 2 aromatic rings. The van der Waals surface area contributed by atoms with Crippen LogP contribution in [0, 0.1) is 18.3 Å². The SMILES string of the molecule is COc1c(C)cc(Cl)cc1-c1coc(N)c1C#N. The van der Waals surface area contributed by atoms with Crippen molar-refractivity contribution in [3.63, 3.8) is 0 Å². The van der Waals surface area contributed by atoms with Crippen LogP contribution in [0.1, 0.15) is 11.1 Å². The Labute approximate surface area is 110 Å². The lowest BCUT2D eigenvalue weighted by molar-refractivity contribution is 0.413. The van der Waals surface area contributed by atoms with E-state index < -0.39 is 0 Å². The zero-order chi connectivity index (χ0) is 13.3. The summed E-state index contributed by atoms with van der Waals surface area (Å²) in [6, 6.07) is 5.53. The molecule has 0 aliphatic carbocycles. The summed E-state index contributed by atoms with van der Waals surface area (Å²) in [5.74, 6) is 0.740. The molecule has 0 amide bonds. The van der Waals surface area contributed by atoms with E-state index in [1.807, 2.05) is 13.0 Å². The molecule has 0 spiro atoms. The van der Waals surface area contributed by atoms with E-state index >= 15 is 0 Å². The normalized spacial score (nSPS) is 10.1. The predicted octanol–water partition coefficient (Wildman–Crippen LogP) is 3.37. The van der Waals surface area contributed by atoms with Gasteiger partial charge < -0.3 is 14.9 Å². The lowest BCUT2D eigenvalue weighted by atomic mass is 10.0. The lowest BCUT2D eigenvalue weighted by Crippen LogP contribution is -1.93. The van der Waals surface area contributed by atoms with E-state index in [2.05, 4.69) is 0 Å². The van der Waals surface area contributed by atoms with Crippen LogP contribution in [0.3, 0.4) is 0 Å². The summed E-state index contributed by atoms with van der Waals surface area (Å²) in [7, 11) is 1.56. The summed E-state index contributed by atoms with van der Waals surface area (Å²) < 4.78 is 10.4. The van der Waals surface area contributed by atoms with Crippen molar-refractivity contribution >= 4 is 17.5 Å². The summed E-state index contributed by atoms with van der Waals surface area (Å²) in [5.41, 5.74) is 8.03. The Kier molecular flexibility index (Phi) is 3.17. The molecular formula is C13H11ClN2O2. The molecule has 0 aliphatic rings. The fraction of sp³-hybridized carbons (Fsp3) is 0.154. The van der Waals surface area contributed by atoms with Crippen molar-refractivity contribution in [1.29, 1.82) is 5.26 Å². The molecule has 0 unspecified atom stereocenters. The molecule has 0 radical (unpaired) electrons. The summed E-state index contributed by atoms with van der Waals surface area (Å²) in [4.78, 5) is 0. The highest BCUT2D eigenvalue weighted by molar-refractivity contribution is 6.31. The van der Waals surface area contributed by atoms with Crippen LogP contribution in [0.5, 0.6) is 5.75 Å². The van der Waals surface area contributed by atoms with Gasteiger partial charge in [-0.3, -0.25) is 0 Å². The minimum atomic E-state index is 0.0900. The van der Waals surface area contributed by atoms with Gasteiger partial charge >= 0.3 is 0 Å². The van der Waals surface area contributed by atoms with Crippen molar-refractivity contribution in [3.05, 3.63) is 34.5 Å². The number of hydrogen-bond acceptors (Lipinski definition) is 4. The number of methoxy groups -OCH3 is 1. The monoisotopic (exact) mass is 262 g/mol. The molecule has 1 aromatic carbocycles. The smallest absolute Gasteiger partial charge is 0.208 e. The summed E-state index contributed by atoms with van der Waals surface area (Å²) >= 11 is 6.03. The van der Waals surface area contributed by atoms with Gasteiger partial charge in [0.2, 0.25) is 5.88 Å². The van der Waals surface area contributed by atoms with E-state index in [0.29, 0.717) is 21.9 Å². The lowest BCUT2D eigenvalue weighted by Gasteiger charge is -2.11. The Morgan fingerprint density at radius 3 is 2.72 bits per heavy atom. The van der Waals surface area contributed by atoms with Gasteiger partial charge in [0.1, 0.15) is 23.6 Å². The van der Waals surface area contributed by atoms with Crippen molar-refractivity contribution in [1.82, 2.24) is 0 Å². The quantitative estimate of drug-likeness (QED) is 0.901. The maximum absolute atomic E-state index is 9.09. The predicted molar refractivity (Wildman–Crippen MR) is 69.6 cm³/mol. The van der Waals surface area contributed by atoms with Gasteiger partial charge in [-0.2, -0.15) is 5.26 Å². The summed E-state index contributed by atoms with van der Waals surface area (Å²) in [6.07, 6.45) is 1.43. The topological polar surface area (TPSA) is 72.2 Å². The maximum Gasteiger partial charge on any atom is 0.208 e. The molecule has 4 nitrogen and oxygen atoms in total. The number of benzene rings is 1. The highest BCUT2D eigenvalue weighted by Gasteiger charge is 2.18. The second kappa shape index (κ2) is 4.63. The molecule has 5 heteroatoms. The van der Waals surface area contributed by atoms with Gasteiger partial charge in [0.15, 0.2) is 0 Å². The molecule has 0 saturated heterocycles. The van der Waals surface area contributed by atoms with Gasteiger partial charge in [-0.05, 0) is 24.6 Å². The maximum atomic E-state index is 9.09. The number of aryl methyl sites for hydroxylation is 1. The van der Waals surface area contributed by atoms with Crippen LogP contribution >= 0.6 is 11.6 Å². The Morgan fingerprint density at radius 1 is 1.39 bits per heavy atom. The Bertz CT molecular complexity index is 641. The van der Waals surface area contributed by atoms with Crippen LogP contribution in [-0.2, 0) is 0 Å². The average Bonchev–Trinajstić information content (AvgIpc) is 2.69. The van der Waals surface area contributed by atoms with E-state index in [4.69, 9.17) is 31.8 Å². The largest absolute Gasteiger partial charge is 0.496 e. The van der Waals surface area contributed by atoms with Crippen LogP contribution in [0.25, 0.3) is 11.1 Å². The second-order valence-corrected chi connectivity index (χ2v) is 4.24. The first kappa shape index (κ1) is 12.3. The van der Waals surface area contributed by atoms with Crippen molar-refractivity contribution < 1.29 is 9.15 Å². The first-order valence-electron chi connectivity index (χ1n) is 5.20. The Hall–Kier alpha value is -2.12. The molecule has 2 rings (SSSR count). The fourth-order valence-electron chi connectivity index (χ4n) is 1.89. The standard InChI is InChI=1S/C13H11ClN2O2/c1-7-3-8(14)4-9(12(7)17-2)11-6-18-13(16)10(11)5-15/h3-4,6H,16H2,1-2H3. The van der Waals surface area contributed by atoms with E-state index in [1.165, 1.54) is 6.26 Å². The van der Waals surface area contributed by atoms with Crippen LogP contribution in [0.2, 0.25) is 5.02 Å². The minimum Gasteiger partial charge on any atom is -0.496 e. The molecule has 92 valence electrons. The molecule has 0 aliphatic heterocycles. The number of nitrogens with two attached hydrogens (primary N) is 1. The zero-order valence-electron chi connectivity index (χ0n) is 9.95. The molecule has 0 atom stereocenters. The number of hydrogen-bond donors (Lipinski definition) is 1. The first-order chi connectivity index (χ1) is 8.58. The molecule has 0 saturated carbocycles. The molecule has 1 heterocycles. The van der Waals surface area contributed by atoms with Crippen molar-refractivity contribution in [2.24, 2.45) is 0 Å². The molecule has 18 heavy (non-hydrogen) atoms. The van der Waals surface area contributed by atoms with Crippen molar-refractivity contribution in [3.8, 4) is 22.9 Å². The third-order valence-corrected chi connectivity index (χ3v) is 2.88. The van der Waals surface area contributed by atoms with Crippen molar-refractivity contribution in [2.75, 3.05) is 12.8 Å². The molecular weight excluding hydrogens is 252 g/mol. The number of rotatable bonds is 2. The highest BCUT2D eigenvalue weighted by atomic mass is 35.5. The molecule has 2 N–H and O–H groups in total. The van der Waals surface area contributed by atoms with Crippen LogP contribution < -0.4 is 10.5 Å². The Morgan fingerprint density at radius 2 is 2.11 bits per heavy atom. The second-order valence-electron chi connectivity index (χ2n) is 3.80. The van der Waals surface area contributed by atoms with E-state index in [0.717, 1.165) is 5.56 Å². The zero-order valence-corrected chi connectivity index (χ0v) is 10.7. The van der Waals surface area contributed by atoms with E-state index in [1.54, 1.807) is 19.2 Å². The fourth-order valence-corrected chi connectivity index (χ4v) is 2.16. The first-order valence-corrected chi connectivity index (χ1v) is 5.57. The average molecular weight is 263 g/mol. The number of ether oxygens (including phenoxy) is 1. The number of anilines is 1. The van der Waals surface area contributed by atoms with Crippen LogP contribution in [-0.4, -0.2) is 7.11 Å². The van der Waals surface area contributed by atoms with Gasteiger partial charge in [-0.25, -0.2) is 0 Å². The highest BCUT2D eigenvalue weighted by Crippen LogP contribution is 2.39.